The summed E-state index contributed by atoms with van der Waals surface area (Å²) >= 11 is 0. The van der Waals surface area contributed by atoms with E-state index in [4.69, 9.17) is 0 Å². The van der Waals surface area contributed by atoms with Gasteiger partial charge in [-0.2, -0.15) is 0 Å². The molecule has 76 valence electrons. The Balaban J connectivity index is 2.61. The van der Waals surface area contributed by atoms with Crippen LogP contribution in [0.3, 0.4) is 0 Å². The Bertz CT molecular complexity index is 179. The van der Waals surface area contributed by atoms with Gasteiger partial charge in [-0.3, -0.25) is 4.79 Å². The molecule has 0 radical (unpaired) electrons. The van der Waals surface area contributed by atoms with Crippen molar-refractivity contribution in [2.45, 2.75) is 38.7 Å². The van der Waals surface area contributed by atoms with Gasteiger partial charge in [-0.15, -0.1) is 0 Å². The Labute approximate surface area is 79.1 Å². The minimum absolute atomic E-state index is 0.263. The lowest BCUT2D eigenvalue weighted by Crippen LogP contribution is -2.29. The highest BCUT2D eigenvalue weighted by Crippen LogP contribution is 2.28. The zero-order valence-electron chi connectivity index (χ0n) is 8.32. The van der Waals surface area contributed by atoms with Crippen molar-refractivity contribution in [1.29, 1.82) is 0 Å². The van der Waals surface area contributed by atoms with Gasteiger partial charge in [0.25, 0.3) is 0 Å². The van der Waals surface area contributed by atoms with Gasteiger partial charge in [0.1, 0.15) is 0 Å². The molecule has 0 spiro atoms. The molecule has 3 nitrogen and oxygen atoms in total. The maximum absolute atomic E-state index is 11.3. The van der Waals surface area contributed by atoms with Crippen molar-refractivity contribution in [3.63, 3.8) is 0 Å². The van der Waals surface area contributed by atoms with Crippen LogP contribution in [0.4, 0.5) is 0 Å². The normalized spacial score (nSPS) is 35.2. The van der Waals surface area contributed by atoms with Gasteiger partial charge < -0.3 is 9.84 Å². The van der Waals surface area contributed by atoms with E-state index in [0.29, 0.717) is 5.92 Å². The average Bonchev–Trinajstić information content (AvgIpc) is 2.27. The lowest BCUT2D eigenvalue weighted by Gasteiger charge is -2.18. The van der Waals surface area contributed by atoms with Gasteiger partial charge in [0, 0.05) is 0 Å². The Kier molecular flexibility index (Phi) is 3.72. The van der Waals surface area contributed by atoms with Crippen molar-refractivity contribution in [2.24, 2.45) is 11.8 Å². The van der Waals surface area contributed by atoms with E-state index in [1.54, 1.807) is 0 Å². The second-order valence-electron chi connectivity index (χ2n) is 3.97. The number of ether oxygens (including phenoxy) is 1. The third-order valence-electron chi connectivity index (χ3n) is 2.82. The van der Waals surface area contributed by atoms with E-state index in [-0.39, 0.29) is 11.9 Å². The molecule has 0 aliphatic heterocycles. The predicted octanol–water partition coefficient (Wildman–Crippen LogP) is 1.35. The van der Waals surface area contributed by atoms with E-state index < -0.39 is 6.10 Å². The molecular formula is C10H18O3. The monoisotopic (exact) mass is 186 g/mol. The highest BCUT2D eigenvalue weighted by molar-refractivity contribution is 5.72. The zero-order valence-corrected chi connectivity index (χ0v) is 8.32. The molecule has 1 saturated carbocycles. The molecule has 0 aromatic heterocycles. The zero-order chi connectivity index (χ0) is 9.84. The number of hydrogen-bond donors (Lipinski definition) is 1. The van der Waals surface area contributed by atoms with Crippen LogP contribution in [0, 0.1) is 11.8 Å². The van der Waals surface area contributed by atoms with Crippen LogP contribution in [-0.2, 0) is 9.53 Å². The van der Waals surface area contributed by atoms with Gasteiger partial charge in [0.15, 0.2) is 0 Å². The smallest absolute Gasteiger partial charge is 0.311 e. The van der Waals surface area contributed by atoms with E-state index in [0.717, 1.165) is 25.7 Å². The van der Waals surface area contributed by atoms with Gasteiger partial charge in [-0.1, -0.05) is 19.8 Å². The van der Waals surface area contributed by atoms with Crippen LogP contribution < -0.4 is 0 Å². The molecule has 0 amide bonds. The average molecular weight is 186 g/mol. The molecule has 3 atom stereocenters. The first-order valence-corrected chi connectivity index (χ1v) is 4.91. The van der Waals surface area contributed by atoms with Crippen molar-refractivity contribution < 1.29 is 14.6 Å². The number of aliphatic hydroxyl groups excluding tert-OH is 1. The standard InChI is InChI=1S/C10H18O3/c1-7-4-3-5-9(11)8(6-7)10(12)13-2/h7-9,11H,3-6H2,1-2H3/t7-,8-,9+/m0/s1. The largest absolute Gasteiger partial charge is 0.469 e. The topological polar surface area (TPSA) is 46.5 Å². The lowest BCUT2D eigenvalue weighted by atomic mass is 9.93. The van der Waals surface area contributed by atoms with Crippen LogP contribution in [0.5, 0.6) is 0 Å². The fourth-order valence-corrected chi connectivity index (χ4v) is 1.99. The lowest BCUT2D eigenvalue weighted by molar-refractivity contribution is -0.150. The summed E-state index contributed by atoms with van der Waals surface area (Å²) in [7, 11) is 1.38. The quantitative estimate of drug-likeness (QED) is 0.496. The summed E-state index contributed by atoms with van der Waals surface area (Å²) < 4.78 is 4.67. The number of rotatable bonds is 1. The maximum atomic E-state index is 11.3. The first-order chi connectivity index (χ1) is 6.15. The van der Waals surface area contributed by atoms with Gasteiger partial charge in [0.05, 0.1) is 19.1 Å². The number of carbonyl (C=O) groups excluding carboxylic acids is 1. The number of esters is 1. The summed E-state index contributed by atoms with van der Waals surface area (Å²) in [5.74, 6) is -0.0509. The van der Waals surface area contributed by atoms with E-state index in [1.807, 2.05) is 0 Å². The number of carbonyl (C=O) groups is 1. The summed E-state index contributed by atoms with van der Waals surface area (Å²) in [6.07, 6.45) is 3.09. The van der Waals surface area contributed by atoms with Crippen LogP contribution in [-0.4, -0.2) is 24.3 Å². The Hall–Kier alpha value is -0.570. The number of hydrogen-bond acceptors (Lipinski definition) is 3. The molecule has 13 heavy (non-hydrogen) atoms. The predicted molar refractivity (Wildman–Crippen MR) is 49.1 cm³/mol. The van der Waals surface area contributed by atoms with Crippen molar-refractivity contribution in [3.05, 3.63) is 0 Å². The van der Waals surface area contributed by atoms with E-state index in [2.05, 4.69) is 11.7 Å². The van der Waals surface area contributed by atoms with Crippen molar-refractivity contribution >= 4 is 5.97 Å². The molecule has 1 aliphatic rings. The third kappa shape index (κ3) is 2.69. The second kappa shape index (κ2) is 4.61. The molecule has 0 aromatic carbocycles. The van der Waals surface area contributed by atoms with Crippen LogP contribution in [0.25, 0.3) is 0 Å². The Morgan fingerprint density at radius 3 is 2.77 bits per heavy atom. The molecule has 1 aliphatic carbocycles. The molecular weight excluding hydrogens is 168 g/mol. The van der Waals surface area contributed by atoms with Crippen molar-refractivity contribution in [2.75, 3.05) is 7.11 Å². The van der Waals surface area contributed by atoms with Crippen LogP contribution >= 0.6 is 0 Å². The van der Waals surface area contributed by atoms with E-state index in [1.165, 1.54) is 7.11 Å². The molecule has 0 bridgehead atoms. The molecule has 0 heterocycles. The fourth-order valence-electron chi connectivity index (χ4n) is 1.99. The third-order valence-corrected chi connectivity index (χ3v) is 2.82. The van der Waals surface area contributed by atoms with E-state index in [9.17, 15) is 9.90 Å². The molecule has 0 saturated heterocycles. The minimum Gasteiger partial charge on any atom is -0.469 e. The molecule has 0 unspecified atom stereocenters. The van der Waals surface area contributed by atoms with Gasteiger partial charge in [0.2, 0.25) is 0 Å². The summed E-state index contributed by atoms with van der Waals surface area (Å²) in [6.45, 7) is 2.12. The fraction of sp³-hybridized carbons (Fsp3) is 0.900. The number of methoxy groups -OCH3 is 1. The molecule has 3 heteroatoms. The van der Waals surface area contributed by atoms with Gasteiger partial charge in [-0.25, -0.2) is 0 Å². The Morgan fingerprint density at radius 2 is 2.15 bits per heavy atom. The van der Waals surface area contributed by atoms with Crippen molar-refractivity contribution in [3.8, 4) is 0 Å². The van der Waals surface area contributed by atoms with E-state index >= 15 is 0 Å². The van der Waals surface area contributed by atoms with Crippen LogP contribution in [0.2, 0.25) is 0 Å². The second-order valence-corrected chi connectivity index (χ2v) is 3.97. The highest BCUT2D eigenvalue weighted by Gasteiger charge is 2.31. The van der Waals surface area contributed by atoms with Gasteiger partial charge in [-0.05, 0) is 18.8 Å². The summed E-state index contributed by atoms with van der Waals surface area (Å²) in [5, 5.41) is 9.67. The molecule has 1 N–H and O–H groups in total. The maximum Gasteiger partial charge on any atom is 0.311 e. The Morgan fingerprint density at radius 1 is 1.46 bits per heavy atom. The molecule has 1 rings (SSSR count). The summed E-state index contributed by atoms with van der Waals surface area (Å²) in [5.41, 5.74) is 0. The summed E-state index contributed by atoms with van der Waals surface area (Å²) in [4.78, 5) is 11.3. The first kappa shape index (κ1) is 10.5. The van der Waals surface area contributed by atoms with Crippen LogP contribution in [0.1, 0.15) is 32.6 Å². The first-order valence-electron chi connectivity index (χ1n) is 4.91. The van der Waals surface area contributed by atoms with Gasteiger partial charge >= 0.3 is 5.97 Å². The molecule has 0 aromatic rings. The SMILES string of the molecule is COC(=O)[C@H]1C[C@@H](C)CCC[C@H]1O. The minimum atomic E-state index is -0.502. The molecule has 1 fully saturated rings. The number of aliphatic hydroxyl groups is 1. The van der Waals surface area contributed by atoms with Crippen LogP contribution in [0.15, 0.2) is 0 Å². The highest BCUT2D eigenvalue weighted by atomic mass is 16.5. The van der Waals surface area contributed by atoms with Crippen molar-refractivity contribution in [1.82, 2.24) is 0 Å². The summed E-state index contributed by atoms with van der Waals surface area (Å²) in [6, 6.07) is 0.